The number of urea groups is 1. The molecule has 3 fully saturated rings. The number of hydrogen-bond acceptors (Lipinski definition) is 4. The number of nitrogens with one attached hydrogen (secondary N) is 2. The van der Waals surface area contributed by atoms with Gasteiger partial charge in [0, 0.05) is 17.4 Å². The second-order valence-corrected chi connectivity index (χ2v) is 6.90. The monoisotopic (exact) mass is 358 g/mol. The third-order valence-electron chi connectivity index (χ3n) is 5.22. The van der Waals surface area contributed by atoms with Gasteiger partial charge in [0.15, 0.2) is 0 Å². The number of rotatable bonds is 2. The van der Waals surface area contributed by atoms with Crippen LogP contribution in [0.5, 0.6) is 0 Å². The lowest BCUT2D eigenvalue weighted by Crippen LogP contribution is -2.63. The standard InChI is InChI=1S/C18H22N4O4/c23-16-11-22(15-7-2-1-6-14(15)20-16)17(24)19-12-4-3-5-13(10-12)21-8-9-26-18(21)25/h3-5,10,14-15H,1-2,6-9,11H2,(H,19,24)(H,20,23)/t14-,15+/m1/s1. The van der Waals surface area contributed by atoms with Gasteiger partial charge in [-0.05, 0) is 31.0 Å². The number of cyclic esters (lactones) is 1. The lowest BCUT2D eigenvalue weighted by Gasteiger charge is -2.43. The quantitative estimate of drug-likeness (QED) is 0.845. The lowest BCUT2D eigenvalue weighted by molar-refractivity contribution is -0.126. The maximum Gasteiger partial charge on any atom is 0.414 e. The third kappa shape index (κ3) is 3.18. The van der Waals surface area contributed by atoms with Crippen LogP contribution in [0.2, 0.25) is 0 Å². The highest BCUT2D eigenvalue weighted by atomic mass is 16.6. The van der Waals surface area contributed by atoms with E-state index >= 15 is 0 Å². The molecule has 0 unspecified atom stereocenters. The van der Waals surface area contributed by atoms with Crippen LogP contribution in [0, 0.1) is 0 Å². The number of benzene rings is 1. The molecule has 4 rings (SSSR count). The zero-order valence-corrected chi connectivity index (χ0v) is 14.4. The average molecular weight is 358 g/mol. The molecule has 0 spiro atoms. The fraction of sp³-hybridized carbons (Fsp3) is 0.500. The minimum atomic E-state index is -0.383. The van der Waals surface area contributed by atoms with Gasteiger partial charge < -0.3 is 20.3 Å². The number of hydrogen-bond donors (Lipinski definition) is 2. The summed E-state index contributed by atoms with van der Waals surface area (Å²) >= 11 is 0. The first-order valence-corrected chi connectivity index (χ1v) is 9.03. The fourth-order valence-corrected chi connectivity index (χ4v) is 3.97. The number of carbonyl (C=O) groups excluding carboxylic acids is 3. The molecule has 1 saturated carbocycles. The molecule has 0 aromatic heterocycles. The number of carbonyl (C=O) groups is 3. The first-order chi connectivity index (χ1) is 12.6. The molecule has 138 valence electrons. The van der Waals surface area contributed by atoms with Crippen molar-refractivity contribution in [3.63, 3.8) is 0 Å². The van der Waals surface area contributed by atoms with Gasteiger partial charge in [-0.1, -0.05) is 18.9 Å². The molecule has 3 aliphatic rings. The largest absolute Gasteiger partial charge is 0.447 e. The Balaban J connectivity index is 1.49. The van der Waals surface area contributed by atoms with E-state index in [1.54, 1.807) is 29.2 Å². The minimum absolute atomic E-state index is 0.0400. The van der Waals surface area contributed by atoms with Gasteiger partial charge in [-0.25, -0.2) is 9.59 Å². The lowest BCUT2D eigenvalue weighted by atomic mass is 9.87. The molecule has 1 aromatic rings. The number of piperazine rings is 1. The van der Waals surface area contributed by atoms with Crippen LogP contribution in [0.15, 0.2) is 24.3 Å². The van der Waals surface area contributed by atoms with Crippen LogP contribution in [0.3, 0.4) is 0 Å². The van der Waals surface area contributed by atoms with E-state index < -0.39 is 0 Å². The van der Waals surface area contributed by atoms with E-state index in [2.05, 4.69) is 10.6 Å². The summed E-state index contributed by atoms with van der Waals surface area (Å²) in [6.45, 7) is 0.929. The normalized spacial score (nSPS) is 25.4. The Kier molecular flexibility index (Phi) is 4.40. The number of amides is 4. The second-order valence-electron chi connectivity index (χ2n) is 6.90. The fourth-order valence-electron chi connectivity index (χ4n) is 3.97. The first-order valence-electron chi connectivity index (χ1n) is 9.03. The van der Waals surface area contributed by atoms with Crippen LogP contribution in [0.4, 0.5) is 21.0 Å². The van der Waals surface area contributed by atoms with Crippen LogP contribution in [-0.2, 0) is 9.53 Å². The van der Waals surface area contributed by atoms with Gasteiger partial charge in [-0.3, -0.25) is 9.69 Å². The molecule has 2 N–H and O–H groups in total. The number of fused-ring (bicyclic) bond motifs is 1. The molecule has 4 amide bonds. The highest BCUT2D eigenvalue weighted by Gasteiger charge is 2.38. The Morgan fingerprint density at radius 2 is 2.08 bits per heavy atom. The van der Waals surface area contributed by atoms with E-state index in [0.717, 1.165) is 25.7 Å². The van der Waals surface area contributed by atoms with E-state index in [9.17, 15) is 14.4 Å². The van der Waals surface area contributed by atoms with Crippen LogP contribution < -0.4 is 15.5 Å². The summed E-state index contributed by atoms with van der Waals surface area (Å²) in [6, 6.07) is 6.90. The van der Waals surface area contributed by atoms with Crippen molar-refractivity contribution in [3.8, 4) is 0 Å². The van der Waals surface area contributed by atoms with Gasteiger partial charge in [0.25, 0.3) is 0 Å². The zero-order chi connectivity index (χ0) is 18.1. The first kappa shape index (κ1) is 16.7. The topological polar surface area (TPSA) is 91.0 Å². The summed E-state index contributed by atoms with van der Waals surface area (Å²) in [7, 11) is 0. The number of anilines is 2. The predicted molar refractivity (Wildman–Crippen MR) is 95.0 cm³/mol. The SMILES string of the molecule is O=C1CN(C(=O)Nc2cccc(N3CCOC3=O)c2)[C@H]2CCCC[C@H]2N1. The summed E-state index contributed by atoms with van der Waals surface area (Å²) in [6.07, 6.45) is 3.56. The highest BCUT2D eigenvalue weighted by Crippen LogP contribution is 2.27. The smallest absolute Gasteiger partial charge is 0.414 e. The van der Waals surface area contributed by atoms with Crippen LogP contribution in [0.25, 0.3) is 0 Å². The van der Waals surface area contributed by atoms with Crippen molar-refractivity contribution in [2.45, 2.75) is 37.8 Å². The van der Waals surface area contributed by atoms with Gasteiger partial charge in [-0.2, -0.15) is 0 Å². The van der Waals surface area contributed by atoms with E-state index in [0.29, 0.717) is 24.5 Å². The summed E-state index contributed by atoms with van der Waals surface area (Å²) in [5.41, 5.74) is 1.27. The van der Waals surface area contributed by atoms with Crippen LogP contribution in [0.1, 0.15) is 25.7 Å². The van der Waals surface area contributed by atoms with Crippen LogP contribution >= 0.6 is 0 Å². The molecule has 1 aromatic carbocycles. The van der Waals surface area contributed by atoms with E-state index in [-0.39, 0.29) is 36.7 Å². The molecule has 0 radical (unpaired) electrons. The van der Waals surface area contributed by atoms with Gasteiger partial charge in [-0.15, -0.1) is 0 Å². The van der Waals surface area contributed by atoms with Crippen molar-refractivity contribution in [2.75, 3.05) is 29.9 Å². The Hall–Kier alpha value is -2.77. The maximum absolute atomic E-state index is 12.8. The Bertz CT molecular complexity index is 738. The van der Waals surface area contributed by atoms with Gasteiger partial charge >= 0.3 is 12.1 Å². The maximum atomic E-state index is 12.8. The summed E-state index contributed by atoms with van der Waals surface area (Å²) < 4.78 is 4.95. The second kappa shape index (κ2) is 6.86. The average Bonchev–Trinajstić information content (AvgIpc) is 3.07. The van der Waals surface area contributed by atoms with Crippen molar-refractivity contribution in [1.82, 2.24) is 10.2 Å². The molecule has 8 heteroatoms. The Morgan fingerprint density at radius 1 is 1.23 bits per heavy atom. The molecule has 2 aliphatic heterocycles. The highest BCUT2D eigenvalue weighted by molar-refractivity contribution is 5.95. The van der Waals surface area contributed by atoms with Crippen LogP contribution in [-0.4, -0.2) is 54.7 Å². The van der Waals surface area contributed by atoms with Gasteiger partial charge in [0.2, 0.25) is 5.91 Å². The molecular formula is C18H22N4O4. The number of ether oxygens (including phenoxy) is 1. The summed E-state index contributed by atoms with van der Waals surface area (Å²) in [4.78, 5) is 39.6. The summed E-state index contributed by atoms with van der Waals surface area (Å²) in [5, 5.41) is 5.87. The van der Waals surface area contributed by atoms with Crippen molar-refractivity contribution in [2.24, 2.45) is 0 Å². The Morgan fingerprint density at radius 3 is 2.88 bits per heavy atom. The molecule has 8 nitrogen and oxygen atoms in total. The molecule has 0 bridgehead atoms. The zero-order valence-electron chi connectivity index (χ0n) is 14.4. The van der Waals surface area contributed by atoms with Crippen molar-refractivity contribution in [3.05, 3.63) is 24.3 Å². The molecule has 2 atom stereocenters. The summed E-state index contributed by atoms with van der Waals surface area (Å²) in [5.74, 6) is -0.114. The molecule has 26 heavy (non-hydrogen) atoms. The van der Waals surface area contributed by atoms with E-state index in [1.807, 2.05) is 0 Å². The van der Waals surface area contributed by atoms with Crippen molar-refractivity contribution in [1.29, 1.82) is 0 Å². The van der Waals surface area contributed by atoms with Gasteiger partial charge in [0.05, 0.1) is 12.6 Å². The molecule has 2 heterocycles. The van der Waals surface area contributed by atoms with Crippen molar-refractivity contribution < 1.29 is 19.1 Å². The minimum Gasteiger partial charge on any atom is -0.447 e. The van der Waals surface area contributed by atoms with Crippen molar-refractivity contribution >= 4 is 29.4 Å². The molecule has 1 aliphatic carbocycles. The number of nitrogens with zero attached hydrogens (tertiary/aromatic N) is 2. The third-order valence-corrected chi connectivity index (χ3v) is 5.22. The Labute approximate surface area is 151 Å². The van der Waals surface area contributed by atoms with E-state index in [1.165, 1.54) is 4.90 Å². The molecule has 2 saturated heterocycles. The molecular weight excluding hydrogens is 336 g/mol. The predicted octanol–water partition coefficient (Wildman–Crippen LogP) is 1.92. The van der Waals surface area contributed by atoms with Gasteiger partial charge in [0.1, 0.15) is 13.2 Å². The van der Waals surface area contributed by atoms with E-state index in [4.69, 9.17) is 4.74 Å².